The monoisotopic (exact) mass is 367 g/mol. The number of likely N-dealkylation sites (tertiary alicyclic amines) is 1. The molecule has 1 aromatic heterocycles. The van der Waals surface area contributed by atoms with Gasteiger partial charge in [0.15, 0.2) is 0 Å². The molecule has 26 heavy (non-hydrogen) atoms. The lowest BCUT2D eigenvalue weighted by Crippen LogP contribution is -2.31. The first kappa shape index (κ1) is 18.0. The fourth-order valence-electron chi connectivity index (χ4n) is 2.69. The molecule has 0 unspecified atom stereocenters. The zero-order valence-corrected chi connectivity index (χ0v) is 13.9. The van der Waals surface area contributed by atoms with Gasteiger partial charge in [-0.25, -0.2) is 4.98 Å². The summed E-state index contributed by atoms with van der Waals surface area (Å²) in [4.78, 5) is 22.2. The molecular formula is C17H16F3N3O3. The number of carbonyl (C=O) groups is 1. The summed E-state index contributed by atoms with van der Waals surface area (Å²) in [6.07, 6.45) is -2.85. The molecule has 0 N–H and O–H groups in total. The third-order valence-electron chi connectivity index (χ3n) is 3.78. The van der Waals surface area contributed by atoms with Crippen LogP contribution in [0, 0.1) is 6.92 Å². The number of nitrogens with zero attached hydrogens (tertiary/aromatic N) is 3. The Kier molecular flexibility index (Phi) is 4.97. The highest BCUT2D eigenvalue weighted by Crippen LogP contribution is 2.25. The Balaban J connectivity index is 1.63. The summed E-state index contributed by atoms with van der Waals surface area (Å²) in [5.74, 6) is 0.210. The van der Waals surface area contributed by atoms with Crippen molar-refractivity contribution in [3.05, 3.63) is 47.9 Å². The van der Waals surface area contributed by atoms with Gasteiger partial charge in [-0.2, -0.15) is 4.98 Å². The van der Waals surface area contributed by atoms with Gasteiger partial charge in [0.05, 0.1) is 6.54 Å². The smallest absolute Gasteiger partial charge is 0.472 e. The van der Waals surface area contributed by atoms with Crippen LogP contribution in [-0.2, 0) is 0 Å². The van der Waals surface area contributed by atoms with E-state index < -0.39 is 12.1 Å². The Morgan fingerprint density at radius 3 is 2.85 bits per heavy atom. The van der Waals surface area contributed by atoms with Gasteiger partial charge < -0.3 is 14.4 Å². The van der Waals surface area contributed by atoms with Crippen LogP contribution in [0.2, 0.25) is 0 Å². The van der Waals surface area contributed by atoms with E-state index in [1.807, 2.05) is 0 Å². The van der Waals surface area contributed by atoms with Gasteiger partial charge in [0, 0.05) is 30.8 Å². The van der Waals surface area contributed by atoms with Crippen molar-refractivity contribution >= 4 is 5.91 Å². The van der Waals surface area contributed by atoms with Crippen LogP contribution in [0.4, 0.5) is 13.2 Å². The maximum Gasteiger partial charge on any atom is 0.573 e. The van der Waals surface area contributed by atoms with Gasteiger partial charge in [-0.1, -0.05) is 6.07 Å². The maximum atomic E-state index is 12.5. The van der Waals surface area contributed by atoms with Crippen LogP contribution < -0.4 is 9.47 Å². The highest BCUT2D eigenvalue weighted by Gasteiger charge is 2.32. The lowest BCUT2D eigenvalue weighted by atomic mass is 10.2. The molecule has 138 valence electrons. The van der Waals surface area contributed by atoms with Crippen molar-refractivity contribution < 1.29 is 27.4 Å². The third-order valence-corrected chi connectivity index (χ3v) is 3.78. The fraction of sp³-hybridized carbons (Fsp3) is 0.353. The van der Waals surface area contributed by atoms with Crippen LogP contribution >= 0.6 is 0 Å². The molecule has 2 heterocycles. The second kappa shape index (κ2) is 7.19. The number of rotatable bonds is 4. The summed E-state index contributed by atoms with van der Waals surface area (Å²) < 4.78 is 46.6. The van der Waals surface area contributed by atoms with E-state index in [0.717, 1.165) is 12.1 Å². The van der Waals surface area contributed by atoms with E-state index in [9.17, 15) is 18.0 Å². The Morgan fingerprint density at radius 2 is 2.12 bits per heavy atom. The number of benzene rings is 1. The fourth-order valence-corrected chi connectivity index (χ4v) is 2.69. The second-order valence-corrected chi connectivity index (χ2v) is 5.80. The van der Waals surface area contributed by atoms with E-state index in [0.29, 0.717) is 31.2 Å². The number of halogens is 3. The van der Waals surface area contributed by atoms with Crippen LogP contribution in [0.1, 0.15) is 22.6 Å². The Morgan fingerprint density at radius 1 is 1.31 bits per heavy atom. The summed E-state index contributed by atoms with van der Waals surface area (Å²) in [6, 6.07) is 6.67. The van der Waals surface area contributed by atoms with E-state index in [-0.39, 0.29) is 17.6 Å². The van der Waals surface area contributed by atoms with Gasteiger partial charge in [-0.05, 0) is 25.1 Å². The standard InChI is InChI=1S/C17H16F3N3O3/c1-11-21-7-5-15(22-11)25-14-6-8-23(10-14)16(24)12-3-2-4-13(9-12)26-17(18,19)20/h2-5,7,9,14H,6,8,10H2,1H3/t14-/m1/s1. The van der Waals surface area contributed by atoms with Gasteiger partial charge >= 0.3 is 6.36 Å². The Bertz CT molecular complexity index is 798. The molecule has 0 spiro atoms. The van der Waals surface area contributed by atoms with Crippen LogP contribution in [0.15, 0.2) is 36.5 Å². The number of carbonyl (C=O) groups excluding carboxylic acids is 1. The highest BCUT2D eigenvalue weighted by molar-refractivity contribution is 5.94. The number of aromatic nitrogens is 2. The summed E-state index contributed by atoms with van der Waals surface area (Å²) in [6.45, 7) is 2.51. The SMILES string of the molecule is Cc1nccc(O[C@@H]2CCN(C(=O)c3cccc(OC(F)(F)F)c3)C2)n1. The molecule has 2 aromatic rings. The van der Waals surface area contributed by atoms with E-state index in [4.69, 9.17) is 4.74 Å². The van der Waals surface area contributed by atoms with E-state index >= 15 is 0 Å². The molecule has 0 bridgehead atoms. The first-order valence-corrected chi connectivity index (χ1v) is 7.91. The van der Waals surface area contributed by atoms with E-state index in [2.05, 4.69) is 14.7 Å². The lowest BCUT2D eigenvalue weighted by molar-refractivity contribution is -0.274. The summed E-state index contributed by atoms with van der Waals surface area (Å²) in [5.41, 5.74) is 0.130. The van der Waals surface area contributed by atoms with Gasteiger partial charge in [-0.3, -0.25) is 4.79 Å². The number of hydrogen-bond donors (Lipinski definition) is 0. The molecular weight excluding hydrogens is 351 g/mol. The van der Waals surface area contributed by atoms with Crippen molar-refractivity contribution in [1.29, 1.82) is 0 Å². The van der Waals surface area contributed by atoms with E-state index in [1.165, 1.54) is 17.0 Å². The van der Waals surface area contributed by atoms with Gasteiger partial charge in [-0.15, -0.1) is 13.2 Å². The van der Waals surface area contributed by atoms with Crippen molar-refractivity contribution in [3.63, 3.8) is 0 Å². The molecule has 1 aliphatic rings. The minimum atomic E-state index is -4.80. The predicted molar refractivity (Wildman–Crippen MR) is 84.8 cm³/mol. The molecule has 6 nitrogen and oxygen atoms in total. The van der Waals surface area contributed by atoms with Gasteiger partial charge in [0.25, 0.3) is 5.91 Å². The Labute approximate surface area is 147 Å². The normalized spacial score (nSPS) is 17.2. The second-order valence-electron chi connectivity index (χ2n) is 5.80. The predicted octanol–water partition coefficient (Wildman–Crippen LogP) is 2.98. The molecule has 1 aromatic carbocycles. The molecule has 1 saturated heterocycles. The average molecular weight is 367 g/mol. The van der Waals surface area contributed by atoms with Crippen LogP contribution in [0.5, 0.6) is 11.6 Å². The van der Waals surface area contributed by atoms with Crippen molar-refractivity contribution in [1.82, 2.24) is 14.9 Å². The van der Waals surface area contributed by atoms with Crippen molar-refractivity contribution in [2.75, 3.05) is 13.1 Å². The number of hydrogen-bond acceptors (Lipinski definition) is 5. The minimum absolute atomic E-state index is 0.130. The van der Waals surface area contributed by atoms with Crippen molar-refractivity contribution in [3.8, 4) is 11.6 Å². The summed E-state index contributed by atoms with van der Waals surface area (Å²) in [7, 11) is 0. The average Bonchev–Trinajstić information content (AvgIpc) is 3.01. The molecule has 1 atom stereocenters. The largest absolute Gasteiger partial charge is 0.573 e. The van der Waals surface area contributed by atoms with Crippen molar-refractivity contribution in [2.45, 2.75) is 25.8 Å². The first-order valence-electron chi connectivity index (χ1n) is 7.91. The number of amides is 1. The Hall–Kier alpha value is -2.84. The van der Waals surface area contributed by atoms with Crippen molar-refractivity contribution in [2.24, 2.45) is 0 Å². The third kappa shape index (κ3) is 4.62. The van der Waals surface area contributed by atoms with Crippen LogP contribution in [0.25, 0.3) is 0 Å². The summed E-state index contributed by atoms with van der Waals surface area (Å²) in [5, 5.41) is 0. The molecule has 1 aliphatic heterocycles. The topological polar surface area (TPSA) is 64.5 Å². The molecule has 9 heteroatoms. The molecule has 1 amide bonds. The molecule has 0 aliphatic carbocycles. The maximum absolute atomic E-state index is 12.5. The minimum Gasteiger partial charge on any atom is -0.472 e. The molecule has 0 saturated carbocycles. The number of ether oxygens (including phenoxy) is 2. The number of alkyl halides is 3. The van der Waals surface area contributed by atoms with E-state index in [1.54, 1.807) is 19.2 Å². The zero-order chi connectivity index (χ0) is 18.7. The van der Waals surface area contributed by atoms with Gasteiger partial charge in [0.1, 0.15) is 17.7 Å². The quantitative estimate of drug-likeness (QED) is 0.831. The highest BCUT2D eigenvalue weighted by atomic mass is 19.4. The van der Waals surface area contributed by atoms with Crippen LogP contribution in [0.3, 0.4) is 0 Å². The first-order chi connectivity index (χ1) is 12.3. The zero-order valence-electron chi connectivity index (χ0n) is 13.9. The molecule has 1 fully saturated rings. The number of aryl methyl sites for hydroxylation is 1. The van der Waals surface area contributed by atoms with Gasteiger partial charge in [0.2, 0.25) is 5.88 Å². The molecule has 0 radical (unpaired) electrons. The van der Waals surface area contributed by atoms with Crippen LogP contribution in [-0.4, -0.2) is 46.3 Å². The lowest BCUT2D eigenvalue weighted by Gasteiger charge is -2.17. The molecule has 3 rings (SSSR count). The summed E-state index contributed by atoms with van der Waals surface area (Å²) >= 11 is 0.